The molecule has 4 nitrogen and oxygen atoms in total. The van der Waals surface area contributed by atoms with Gasteiger partial charge in [-0.15, -0.1) is 0 Å². The van der Waals surface area contributed by atoms with Crippen molar-refractivity contribution in [3.8, 4) is 0 Å². The number of nitrogens with zero attached hydrogens (tertiary/aromatic N) is 1. The molecule has 0 aromatic heterocycles. The zero-order chi connectivity index (χ0) is 13.2. The fourth-order valence-electron chi connectivity index (χ4n) is 2.66. The van der Waals surface area contributed by atoms with Crippen LogP contribution in [0.25, 0.3) is 0 Å². The summed E-state index contributed by atoms with van der Waals surface area (Å²) < 4.78 is 6.35. The molecule has 1 aromatic carbocycles. The average molecular weight is 325 g/mol. The lowest BCUT2D eigenvalue weighted by atomic mass is 9.99. The van der Waals surface area contributed by atoms with Gasteiger partial charge in [0.05, 0.1) is 0 Å². The Kier molecular flexibility index (Phi) is 3.75. The fourth-order valence-corrected chi connectivity index (χ4v) is 3.02. The topological polar surface area (TPSA) is 41.6 Å². The lowest BCUT2D eigenvalue weighted by Crippen LogP contribution is -2.42. The van der Waals surface area contributed by atoms with Gasteiger partial charge in [0, 0.05) is 36.5 Å². The molecule has 2 aliphatic rings. The van der Waals surface area contributed by atoms with Crippen LogP contribution in [-0.4, -0.2) is 30.7 Å². The number of anilines is 1. The van der Waals surface area contributed by atoms with Gasteiger partial charge in [-0.05, 0) is 36.5 Å². The van der Waals surface area contributed by atoms with Gasteiger partial charge in [-0.2, -0.15) is 0 Å². The molecule has 0 atom stereocenters. The number of nitrogens with one attached hydrogen (secondary N) is 1. The highest BCUT2D eigenvalue weighted by Gasteiger charge is 2.26. The third-order valence-corrected chi connectivity index (χ3v) is 4.27. The number of ether oxygens (including phenoxy) is 1. The minimum absolute atomic E-state index is 0.0112. The molecule has 0 saturated carbocycles. The summed E-state index contributed by atoms with van der Waals surface area (Å²) in [4.78, 5) is 14.0. The maximum Gasteiger partial charge on any atom is 0.322 e. The summed E-state index contributed by atoms with van der Waals surface area (Å²) in [5.41, 5.74) is 2.09. The highest BCUT2D eigenvalue weighted by atomic mass is 79.9. The first-order valence-corrected chi connectivity index (χ1v) is 7.44. The standard InChI is InChI=1S/C14H17BrN2O2/c15-12-2-1-11-9-17(14(18)16-13(11)7-12)8-10-3-5-19-6-4-10/h1-2,7,10H,3-6,8-9H2,(H,16,18). The Bertz CT molecular complexity index is 486. The van der Waals surface area contributed by atoms with E-state index in [1.807, 2.05) is 17.0 Å². The van der Waals surface area contributed by atoms with Gasteiger partial charge in [0.2, 0.25) is 0 Å². The van der Waals surface area contributed by atoms with Crippen LogP contribution in [0.3, 0.4) is 0 Å². The molecule has 1 N–H and O–H groups in total. The quantitative estimate of drug-likeness (QED) is 0.907. The lowest BCUT2D eigenvalue weighted by Gasteiger charge is -2.33. The Morgan fingerprint density at radius 3 is 2.95 bits per heavy atom. The third-order valence-electron chi connectivity index (χ3n) is 3.78. The largest absolute Gasteiger partial charge is 0.381 e. The highest BCUT2D eigenvalue weighted by molar-refractivity contribution is 9.10. The van der Waals surface area contributed by atoms with Crippen LogP contribution in [0.15, 0.2) is 22.7 Å². The molecule has 0 spiro atoms. The molecule has 0 unspecified atom stereocenters. The van der Waals surface area contributed by atoms with Gasteiger partial charge in [-0.1, -0.05) is 22.0 Å². The Morgan fingerprint density at radius 1 is 1.37 bits per heavy atom. The Balaban J connectivity index is 1.70. The number of halogens is 1. The number of carbonyl (C=O) groups excluding carboxylic acids is 1. The molecule has 2 heterocycles. The van der Waals surface area contributed by atoms with Crippen molar-refractivity contribution in [1.82, 2.24) is 4.90 Å². The van der Waals surface area contributed by atoms with E-state index >= 15 is 0 Å². The molecule has 3 rings (SSSR count). The molecule has 19 heavy (non-hydrogen) atoms. The molecule has 2 aliphatic heterocycles. The van der Waals surface area contributed by atoms with Crippen molar-refractivity contribution in [3.63, 3.8) is 0 Å². The van der Waals surface area contributed by atoms with Crippen LogP contribution in [0.2, 0.25) is 0 Å². The molecule has 0 bridgehead atoms. The first-order valence-electron chi connectivity index (χ1n) is 6.64. The predicted octanol–water partition coefficient (Wildman–Crippen LogP) is 3.22. The molecular weight excluding hydrogens is 308 g/mol. The first-order chi connectivity index (χ1) is 9.22. The van der Waals surface area contributed by atoms with Crippen molar-refractivity contribution in [2.75, 3.05) is 25.1 Å². The van der Waals surface area contributed by atoms with E-state index in [2.05, 4.69) is 27.3 Å². The van der Waals surface area contributed by atoms with E-state index in [-0.39, 0.29) is 6.03 Å². The number of fused-ring (bicyclic) bond motifs is 1. The van der Waals surface area contributed by atoms with Crippen molar-refractivity contribution in [1.29, 1.82) is 0 Å². The minimum atomic E-state index is 0.0112. The summed E-state index contributed by atoms with van der Waals surface area (Å²) >= 11 is 3.43. The Labute approximate surface area is 121 Å². The van der Waals surface area contributed by atoms with Gasteiger partial charge in [0.1, 0.15) is 0 Å². The maximum atomic E-state index is 12.1. The van der Waals surface area contributed by atoms with E-state index in [4.69, 9.17) is 4.74 Å². The summed E-state index contributed by atoms with van der Waals surface area (Å²) in [6.07, 6.45) is 2.11. The third kappa shape index (κ3) is 2.92. The SMILES string of the molecule is O=C1Nc2cc(Br)ccc2CN1CC1CCOCC1. The number of rotatable bonds is 2. The van der Waals surface area contributed by atoms with Gasteiger partial charge in [-0.25, -0.2) is 4.79 Å². The Hall–Kier alpha value is -1.07. The number of hydrogen-bond donors (Lipinski definition) is 1. The molecule has 102 valence electrons. The first kappa shape index (κ1) is 12.9. The summed E-state index contributed by atoms with van der Waals surface area (Å²) in [5, 5.41) is 2.97. The molecule has 0 radical (unpaired) electrons. The van der Waals surface area contributed by atoms with Gasteiger partial charge in [0.25, 0.3) is 0 Å². The minimum Gasteiger partial charge on any atom is -0.381 e. The monoisotopic (exact) mass is 324 g/mol. The lowest BCUT2D eigenvalue weighted by molar-refractivity contribution is 0.0562. The van der Waals surface area contributed by atoms with Crippen LogP contribution in [0.4, 0.5) is 10.5 Å². The smallest absolute Gasteiger partial charge is 0.322 e. The van der Waals surface area contributed by atoms with Gasteiger partial charge >= 0.3 is 6.03 Å². The number of amides is 2. The van der Waals surface area contributed by atoms with E-state index in [1.165, 1.54) is 5.56 Å². The van der Waals surface area contributed by atoms with Crippen molar-refractivity contribution < 1.29 is 9.53 Å². The predicted molar refractivity (Wildman–Crippen MR) is 77.1 cm³/mol. The summed E-state index contributed by atoms with van der Waals surface area (Å²) in [6.45, 7) is 3.17. The average Bonchev–Trinajstić information content (AvgIpc) is 2.41. The van der Waals surface area contributed by atoms with Crippen LogP contribution in [-0.2, 0) is 11.3 Å². The summed E-state index contributed by atoms with van der Waals surface area (Å²) in [5.74, 6) is 0.566. The second-order valence-electron chi connectivity index (χ2n) is 5.17. The van der Waals surface area contributed by atoms with Crippen molar-refractivity contribution in [3.05, 3.63) is 28.2 Å². The highest BCUT2D eigenvalue weighted by Crippen LogP contribution is 2.28. The van der Waals surface area contributed by atoms with Crippen molar-refractivity contribution in [2.24, 2.45) is 5.92 Å². The van der Waals surface area contributed by atoms with Crippen LogP contribution < -0.4 is 5.32 Å². The van der Waals surface area contributed by atoms with Crippen molar-refractivity contribution >= 4 is 27.6 Å². The van der Waals surface area contributed by atoms with E-state index in [0.29, 0.717) is 12.5 Å². The molecule has 5 heteroatoms. The maximum absolute atomic E-state index is 12.1. The van der Waals surface area contributed by atoms with Gasteiger partial charge in [-0.3, -0.25) is 0 Å². The molecule has 2 amide bonds. The van der Waals surface area contributed by atoms with Crippen LogP contribution in [0.1, 0.15) is 18.4 Å². The van der Waals surface area contributed by atoms with Crippen LogP contribution in [0.5, 0.6) is 0 Å². The number of benzene rings is 1. The van der Waals surface area contributed by atoms with Crippen LogP contribution in [0, 0.1) is 5.92 Å². The molecule has 1 aromatic rings. The van der Waals surface area contributed by atoms with E-state index in [1.54, 1.807) is 0 Å². The summed E-state index contributed by atoms with van der Waals surface area (Å²) in [7, 11) is 0. The van der Waals surface area contributed by atoms with Crippen molar-refractivity contribution in [2.45, 2.75) is 19.4 Å². The van der Waals surface area contributed by atoms with E-state index in [9.17, 15) is 4.79 Å². The second kappa shape index (κ2) is 5.51. The molecule has 0 aliphatic carbocycles. The number of carbonyl (C=O) groups is 1. The van der Waals surface area contributed by atoms with E-state index < -0.39 is 0 Å². The molecular formula is C14H17BrN2O2. The number of urea groups is 1. The zero-order valence-corrected chi connectivity index (χ0v) is 12.3. The molecule has 1 fully saturated rings. The van der Waals surface area contributed by atoms with Crippen LogP contribution >= 0.6 is 15.9 Å². The Morgan fingerprint density at radius 2 is 2.16 bits per heavy atom. The molecule has 1 saturated heterocycles. The van der Waals surface area contributed by atoms with Gasteiger partial charge < -0.3 is 15.0 Å². The van der Waals surface area contributed by atoms with Gasteiger partial charge in [0.15, 0.2) is 0 Å². The number of hydrogen-bond acceptors (Lipinski definition) is 2. The van der Waals surface area contributed by atoms with E-state index in [0.717, 1.165) is 42.8 Å². The fraction of sp³-hybridized carbons (Fsp3) is 0.500. The summed E-state index contributed by atoms with van der Waals surface area (Å²) in [6, 6.07) is 6.05. The normalized spacial score (nSPS) is 20.1. The zero-order valence-electron chi connectivity index (χ0n) is 10.7. The second-order valence-corrected chi connectivity index (χ2v) is 6.08.